The van der Waals surface area contributed by atoms with Gasteiger partial charge in [-0.2, -0.15) is 0 Å². The van der Waals surface area contributed by atoms with Crippen LogP contribution in [0.15, 0.2) is 0 Å². The van der Waals surface area contributed by atoms with Crippen molar-refractivity contribution in [1.82, 2.24) is 15.1 Å². The molecule has 2 unspecified atom stereocenters. The number of hydrogen-bond acceptors (Lipinski definition) is 4. The molecule has 2 aliphatic rings. The van der Waals surface area contributed by atoms with E-state index in [1.54, 1.807) is 0 Å². The van der Waals surface area contributed by atoms with Crippen LogP contribution in [0.4, 0.5) is 4.79 Å². The van der Waals surface area contributed by atoms with E-state index in [2.05, 4.69) is 17.1 Å². The predicted molar refractivity (Wildman–Crippen MR) is 83.4 cm³/mol. The van der Waals surface area contributed by atoms with Crippen LogP contribution in [0.5, 0.6) is 0 Å². The first-order valence-corrected chi connectivity index (χ1v) is 8.21. The van der Waals surface area contributed by atoms with Gasteiger partial charge in [0, 0.05) is 45.2 Å². The molecular weight excluding hydrogens is 284 g/mol. The Morgan fingerprint density at radius 3 is 2.64 bits per heavy atom. The molecule has 22 heavy (non-hydrogen) atoms. The molecule has 7 nitrogen and oxygen atoms in total. The van der Waals surface area contributed by atoms with E-state index in [0.29, 0.717) is 24.9 Å². The van der Waals surface area contributed by atoms with Gasteiger partial charge in [0.2, 0.25) is 5.91 Å². The molecule has 2 rings (SSSR count). The summed E-state index contributed by atoms with van der Waals surface area (Å²) in [4.78, 5) is 27.3. The Morgan fingerprint density at radius 2 is 1.95 bits per heavy atom. The molecule has 2 saturated heterocycles. The van der Waals surface area contributed by atoms with Crippen LogP contribution < -0.4 is 11.1 Å². The molecule has 0 aromatic carbocycles. The second-order valence-electron chi connectivity index (χ2n) is 6.24. The number of nitrogens with zero attached hydrogens (tertiary/aromatic N) is 2. The summed E-state index contributed by atoms with van der Waals surface area (Å²) in [5.74, 6) is 0.736. The van der Waals surface area contributed by atoms with E-state index in [4.69, 9.17) is 10.5 Å². The normalized spacial score (nSPS) is 26.1. The summed E-state index contributed by atoms with van der Waals surface area (Å²) in [7, 11) is 0. The van der Waals surface area contributed by atoms with Gasteiger partial charge in [-0.3, -0.25) is 9.69 Å². The number of likely N-dealkylation sites (tertiary alicyclic amines) is 1. The first-order chi connectivity index (χ1) is 10.6. The van der Waals surface area contributed by atoms with E-state index in [9.17, 15) is 9.59 Å². The number of nitrogens with one attached hydrogen (secondary N) is 1. The molecule has 0 radical (unpaired) electrons. The van der Waals surface area contributed by atoms with Crippen molar-refractivity contribution in [3.8, 4) is 0 Å². The molecule has 2 heterocycles. The minimum atomic E-state index is -0.506. The van der Waals surface area contributed by atoms with E-state index in [-0.39, 0.29) is 5.91 Å². The summed E-state index contributed by atoms with van der Waals surface area (Å²) < 4.78 is 5.40. The number of unbranched alkanes of at least 4 members (excludes halogenated alkanes) is 1. The van der Waals surface area contributed by atoms with Crippen molar-refractivity contribution in [3.63, 3.8) is 0 Å². The van der Waals surface area contributed by atoms with Crippen LogP contribution in [0.2, 0.25) is 0 Å². The van der Waals surface area contributed by atoms with E-state index < -0.39 is 6.03 Å². The van der Waals surface area contributed by atoms with Gasteiger partial charge in [0.25, 0.3) is 0 Å². The number of carbonyl (C=O) groups excluding carboxylic acids is 2. The number of nitrogens with two attached hydrogens (primary N) is 1. The fourth-order valence-electron chi connectivity index (χ4n) is 3.31. The van der Waals surface area contributed by atoms with Crippen LogP contribution >= 0.6 is 0 Å². The lowest BCUT2D eigenvalue weighted by Crippen LogP contribution is -2.47. The highest BCUT2D eigenvalue weighted by Gasteiger charge is 2.36. The highest BCUT2D eigenvalue weighted by Crippen LogP contribution is 2.23. The highest BCUT2D eigenvalue weighted by molar-refractivity contribution is 5.76. The molecule has 0 aromatic heterocycles. The average Bonchev–Trinajstić information content (AvgIpc) is 2.89. The van der Waals surface area contributed by atoms with Crippen LogP contribution in [0.3, 0.4) is 0 Å². The fourth-order valence-corrected chi connectivity index (χ4v) is 3.31. The van der Waals surface area contributed by atoms with Crippen LogP contribution in [-0.4, -0.2) is 73.7 Å². The Bertz CT molecular complexity index is 385. The third-order valence-electron chi connectivity index (χ3n) is 4.56. The first kappa shape index (κ1) is 17.0. The van der Waals surface area contributed by atoms with Gasteiger partial charge in [0.1, 0.15) is 0 Å². The molecule has 2 fully saturated rings. The summed E-state index contributed by atoms with van der Waals surface area (Å²) in [5.41, 5.74) is 5.00. The SMILES string of the molecule is CC1CN(C(=O)CCCCNC(N)=O)CC1N1CCOCC1. The van der Waals surface area contributed by atoms with Gasteiger partial charge in [0.05, 0.1) is 13.2 Å². The summed E-state index contributed by atoms with van der Waals surface area (Å²) in [6, 6.07) is -0.0441. The zero-order valence-electron chi connectivity index (χ0n) is 13.4. The molecule has 2 atom stereocenters. The number of rotatable bonds is 6. The monoisotopic (exact) mass is 312 g/mol. The summed E-state index contributed by atoms with van der Waals surface area (Å²) in [6.45, 7) is 7.97. The van der Waals surface area contributed by atoms with Crippen molar-refractivity contribution in [3.05, 3.63) is 0 Å². The van der Waals surface area contributed by atoms with E-state index in [1.165, 1.54) is 0 Å². The molecule has 7 heteroatoms. The maximum Gasteiger partial charge on any atom is 0.312 e. The first-order valence-electron chi connectivity index (χ1n) is 8.21. The molecule has 0 saturated carbocycles. The highest BCUT2D eigenvalue weighted by atomic mass is 16.5. The topological polar surface area (TPSA) is 87.9 Å². The largest absolute Gasteiger partial charge is 0.379 e. The lowest BCUT2D eigenvalue weighted by molar-refractivity contribution is -0.130. The Morgan fingerprint density at radius 1 is 1.23 bits per heavy atom. The molecule has 0 aromatic rings. The molecule has 0 spiro atoms. The van der Waals surface area contributed by atoms with Crippen molar-refractivity contribution in [1.29, 1.82) is 0 Å². The summed E-state index contributed by atoms with van der Waals surface area (Å²) in [5, 5.41) is 2.54. The van der Waals surface area contributed by atoms with Gasteiger partial charge in [-0.15, -0.1) is 0 Å². The Hall–Kier alpha value is -1.34. The number of morpholine rings is 1. The number of amides is 3. The standard InChI is InChI=1S/C15H28N4O3/c1-12-10-19(11-13(12)18-6-8-22-9-7-18)14(20)4-2-3-5-17-15(16)21/h12-13H,2-11H2,1H3,(H3,16,17,21). The van der Waals surface area contributed by atoms with E-state index in [1.807, 2.05) is 4.90 Å². The van der Waals surface area contributed by atoms with Crippen LogP contribution in [-0.2, 0) is 9.53 Å². The number of carbonyl (C=O) groups is 2. The van der Waals surface area contributed by atoms with Gasteiger partial charge < -0.3 is 20.7 Å². The Balaban J connectivity index is 1.69. The summed E-state index contributed by atoms with van der Waals surface area (Å²) >= 11 is 0. The summed E-state index contributed by atoms with van der Waals surface area (Å²) in [6.07, 6.45) is 2.11. The van der Waals surface area contributed by atoms with Gasteiger partial charge in [-0.05, 0) is 18.8 Å². The quantitative estimate of drug-likeness (QED) is 0.676. The lowest BCUT2D eigenvalue weighted by atomic mass is 10.0. The molecule has 3 amide bonds. The van der Waals surface area contributed by atoms with Crippen molar-refractivity contribution in [2.75, 3.05) is 45.9 Å². The minimum Gasteiger partial charge on any atom is -0.379 e. The fraction of sp³-hybridized carbons (Fsp3) is 0.867. The molecular formula is C15H28N4O3. The van der Waals surface area contributed by atoms with Crippen molar-refractivity contribution in [2.45, 2.75) is 32.2 Å². The van der Waals surface area contributed by atoms with Crippen molar-refractivity contribution >= 4 is 11.9 Å². The lowest BCUT2D eigenvalue weighted by Gasteiger charge is -2.34. The Labute approximate surface area is 132 Å². The maximum atomic E-state index is 12.3. The maximum absolute atomic E-state index is 12.3. The number of ether oxygens (including phenoxy) is 1. The second kappa shape index (κ2) is 8.33. The van der Waals surface area contributed by atoms with Gasteiger partial charge in [-0.1, -0.05) is 6.92 Å². The molecule has 3 N–H and O–H groups in total. The number of urea groups is 1. The zero-order valence-corrected chi connectivity index (χ0v) is 13.4. The van der Waals surface area contributed by atoms with Crippen LogP contribution in [0, 0.1) is 5.92 Å². The smallest absolute Gasteiger partial charge is 0.312 e. The molecule has 0 aliphatic carbocycles. The van der Waals surface area contributed by atoms with Gasteiger partial charge in [-0.25, -0.2) is 4.79 Å². The minimum absolute atomic E-state index is 0.224. The van der Waals surface area contributed by atoms with Gasteiger partial charge in [0.15, 0.2) is 0 Å². The third kappa shape index (κ3) is 4.84. The predicted octanol–water partition coefficient (Wildman–Crippen LogP) is 0.00410. The second-order valence-corrected chi connectivity index (χ2v) is 6.24. The van der Waals surface area contributed by atoms with Crippen LogP contribution in [0.25, 0.3) is 0 Å². The average molecular weight is 312 g/mol. The molecule has 126 valence electrons. The van der Waals surface area contributed by atoms with E-state index >= 15 is 0 Å². The molecule has 2 aliphatic heterocycles. The number of primary amides is 1. The number of hydrogen-bond donors (Lipinski definition) is 2. The van der Waals surface area contributed by atoms with Crippen LogP contribution in [0.1, 0.15) is 26.2 Å². The third-order valence-corrected chi connectivity index (χ3v) is 4.56. The zero-order chi connectivity index (χ0) is 15.9. The molecule has 0 bridgehead atoms. The van der Waals surface area contributed by atoms with E-state index in [0.717, 1.165) is 52.2 Å². The van der Waals surface area contributed by atoms with Crippen molar-refractivity contribution in [2.24, 2.45) is 11.7 Å². The van der Waals surface area contributed by atoms with Gasteiger partial charge >= 0.3 is 6.03 Å². The Kier molecular flexibility index (Phi) is 6.45. The van der Waals surface area contributed by atoms with Crippen molar-refractivity contribution < 1.29 is 14.3 Å².